The van der Waals surface area contributed by atoms with Crippen LogP contribution in [-0.4, -0.2) is 47.2 Å². The molecule has 0 saturated carbocycles. The van der Waals surface area contributed by atoms with Crippen molar-refractivity contribution in [1.82, 2.24) is 14.7 Å². The smallest absolute Gasteiger partial charge is 0.204 e. The van der Waals surface area contributed by atoms with E-state index in [1.54, 1.807) is 18.0 Å². The van der Waals surface area contributed by atoms with Gasteiger partial charge in [-0.3, -0.25) is 14.4 Å². The van der Waals surface area contributed by atoms with Crippen molar-refractivity contribution in [3.05, 3.63) is 11.9 Å². The SMILES string of the molecule is COc1cnn(C(C)C)c1C(=O)C(C)(C)N(C)C. The van der Waals surface area contributed by atoms with Gasteiger partial charge in [0.2, 0.25) is 5.78 Å². The summed E-state index contributed by atoms with van der Waals surface area (Å²) < 4.78 is 6.96. The van der Waals surface area contributed by atoms with Crippen LogP contribution in [0.4, 0.5) is 0 Å². The normalized spacial score (nSPS) is 12.3. The van der Waals surface area contributed by atoms with Gasteiger partial charge in [-0.15, -0.1) is 0 Å². The average molecular weight is 253 g/mol. The molecule has 5 nitrogen and oxygen atoms in total. The molecule has 0 bridgehead atoms. The van der Waals surface area contributed by atoms with Crippen LogP contribution in [0, 0.1) is 0 Å². The molecule has 0 saturated heterocycles. The molecule has 0 N–H and O–H groups in total. The number of rotatable bonds is 5. The third kappa shape index (κ3) is 2.41. The Balaban J connectivity index is 3.31. The molecule has 0 aromatic carbocycles. The molecule has 0 radical (unpaired) electrons. The summed E-state index contributed by atoms with van der Waals surface area (Å²) >= 11 is 0. The highest BCUT2D eigenvalue weighted by molar-refractivity contribution is 6.03. The lowest BCUT2D eigenvalue weighted by molar-refractivity contribution is 0.0738. The molecule has 18 heavy (non-hydrogen) atoms. The van der Waals surface area contributed by atoms with Crippen molar-refractivity contribution in [2.24, 2.45) is 0 Å². The highest BCUT2D eigenvalue weighted by Gasteiger charge is 2.35. The van der Waals surface area contributed by atoms with Crippen molar-refractivity contribution in [1.29, 1.82) is 0 Å². The predicted octanol–water partition coefficient (Wildman–Crippen LogP) is 2.00. The van der Waals surface area contributed by atoms with Gasteiger partial charge in [-0.2, -0.15) is 5.10 Å². The van der Waals surface area contributed by atoms with E-state index in [0.29, 0.717) is 11.4 Å². The van der Waals surface area contributed by atoms with Gasteiger partial charge < -0.3 is 4.74 Å². The molecule has 1 aromatic rings. The highest BCUT2D eigenvalue weighted by Crippen LogP contribution is 2.27. The number of hydrogen-bond acceptors (Lipinski definition) is 4. The number of methoxy groups -OCH3 is 1. The maximum Gasteiger partial charge on any atom is 0.204 e. The number of nitrogens with zero attached hydrogens (tertiary/aromatic N) is 3. The van der Waals surface area contributed by atoms with Gasteiger partial charge in [0.15, 0.2) is 5.75 Å². The van der Waals surface area contributed by atoms with Gasteiger partial charge >= 0.3 is 0 Å². The molecule has 0 unspecified atom stereocenters. The summed E-state index contributed by atoms with van der Waals surface area (Å²) in [6, 6.07) is 0.116. The van der Waals surface area contributed by atoms with Crippen LogP contribution in [-0.2, 0) is 0 Å². The summed E-state index contributed by atoms with van der Waals surface area (Å²) in [5, 5.41) is 4.23. The van der Waals surface area contributed by atoms with Crippen molar-refractivity contribution in [2.45, 2.75) is 39.3 Å². The molecule has 0 aliphatic heterocycles. The first-order valence-electron chi connectivity index (χ1n) is 6.07. The van der Waals surface area contributed by atoms with E-state index >= 15 is 0 Å². The Labute approximate surface area is 109 Å². The molecule has 5 heteroatoms. The first-order chi connectivity index (χ1) is 8.23. The highest BCUT2D eigenvalue weighted by atomic mass is 16.5. The first kappa shape index (κ1) is 14.7. The van der Waals surface area contributed by atoms with Crippen LogP contribution in [0.5, 0.6) is 5.75 Å². The molecule has 0 spiro atoms. The van der Waals surface area contributed by atoms with Crippen molar-refractivity contribution in [3.63, 3.8) is 0 Å². The van der Waals surface area contributed by atoms with Crippen molar-refractivity contribution in [3.8, 4) is 5.75 Å². The first-order valence-corrected chi connectivity index (χ1v) is 6.07. The third-order valence-corrected chi connectivity index (χ3v) is 3.36. The molecule has 102 valence electrons. The van der Waals surface area contributed by atoms with E-state index in [1.807, 2.05) is 46.7 Å². The lowest BCUT2D eigenvalue weighted by Gasteiger charge is -2.31. The van der Waals surface area contributed by atoms with Crippen molar-refractivity contribution < 1.29 is 9.53 Å². The number of likely N-dealkylation sites (N-methyl/N-ethyl adjacent to an activating group) is 1. The van der Waals surface area contributed by atoms with Gasteiger partial charge in [0, 0.05) is 6.04 Å². The fraction of sp³-hybridized carbons (Fsp3) is 0.692. The maximum atomic E-state index is 12.7. The molecule has 0 atom stereocenters. The Hall–Kier alpha value is -1.36. The zero-order chi connectivity index (χ0) is 14.1. The van der Waals surface area contributed by atoms with Crippen molar-refractivity contribution in [2.75, 3.05) is 21.2 Å². The third-order valence-electron chi connectivity index (χ3n) is 3.36. The number of hydrogen-bond donors (Lipinski definition) is 0. The number of aromatic nitrogens is 2. The summed E-state index contributed by atoms with van der Waals surface area (Å²) in [5.41, 5.74) is -0.0637. The fourth-order valence-electron chi connectivity index (χ4n) is 1.60. The Bertz CT molecular complexity index is 433. The maximum absolute atomic E-state index is 12.7. The quantitative estimate of drug-likeness (QED) is 0.753. The molecule has 0 aliphatic rings. The minimum Gasteiger partial charge on any atom is -0.493 e. The van der Waals surface area contributed by atoms with Crippen LogP contribution in [0.1, 0.15) is 44.2 Å². The van der Waals surface area contributed by atoms with Crippen LogP contribution in [0.2, 0.25) is 0 Å². The van der Waals surface area contributed by atoms with Gasteiger partial charge in [0.1, 0.15) is 5.69 Å². The minimum absolute atomic E-state index is 0.00977. The van der Waals surface area contributed by atoms with Gasteiger partial charge in [-0.1, -0.05) is 0 Å². The predicted molar refractivity (Wildman–Crippen MR) is 71.3 cm³/mol. The number of ether oxygens (including phenoxy) is 1. The van der Waals surface area contributed by atoms with E-state index in [1.165, 1.54) is 0 Å². The van der Waals surface area contributed by atoms with Crippen molar-refractivity contribution >= 4 is 5.78 Å². The van der Waals surface area contributed by atoms with Gasteiger partial charge in [-0.25, -0.2) is 0 Å². The Morgan fingerprint density at radius 1 is 1.44 bits per heavy atom. The van der Waals surface area contributed by atoms with Crippen LogP contribution < -0.4 is 4.74 Å². The second kappa shape index (κ2) is 5.10. The van der Waals surface area contributed by atoms with Crippen LogP contribution in [0.3, 0.4) is 0 Å². The van der Waals surface area contributed by atoms with E-state index in [2.05, 4.69) is 5.10 Å². The topological polar surface area (TPSA) is 47.4 Å². The lowest BCUT2D eigenvalue weighted by Crippen LogP contribution is -2.46. The Morgan fingerprint density at radius 3 is 2.39 bits per heavy atom. The Morgan fingerprint density at radius 2 is 2.00 bits per heavy atom. The van der Waals surface area contributed by atoms with E-state index in [0.717, 1.165) is 0 Å². The molecular formula is C13H23N3O2. The van der Waals surface area contributed by atoms with Crippen LogP contribution >= 0.6 is 0 Å². The zero-order valence-electron chi connectivity index (χ0n) is 12.3. The number of carbonyl (C=O) groups excluding carboxylic acids is 1. The van der Waals surface area contributed by atoms with Crippen LogP contribution in [0.25, 0.3) is 0 Å². The summed E-state index contributed by atoms with van der Waals surface area (Å²) in [4.78, 5) is 14.6. The van der Waals surface area contributed by atoms with E-state index in [-0.39, 0.29) is 11.8 Å². The standard InChI is InChI=1S/C13H23N3O2/c1-9(2)16-11(10(18-7)8-14-16)12(17)13(3,4)15(5)6/h8-9H,1-7H3. The van der Waals surface area contributed by atoms with E-state index in [9.17, 15) is 4.79 Å². The molecule has 0 fully saturated rings. The molecule has 1 heterocycles. The van der Waals surface area contributed by atoms with Gasteiger partial charge in [0.05, 0.1) is 18.8 Å². The number of Topliss-reactive ketones (excluding diaryl/α,β-unsaturated/α-hetero) is 1. The second-order valence-electron chi connectivity index (χ2n) is 5.38. The molecular weight excluding hydrogens is 230 g/mol. The molecule has 0 aliphatic carbocycles. The van der Waals surface area contributed by atoms with E-state index in [4.69, 9.17) is 4.74 Å². The largest absolute Gasteiger partial charge is 0.493 e. The average Bonchev–Trinajstić information content (AvgIpc) is 2.70. The molecule has 0 amide bonds. The summed E-state index contributed by atoms with van der Waals surface area (Å²) in [6.45, 7) is 7.77. The van der Waals surface area contributed by atoms with Gasteiger partial charge in [-0.05, 0) is 41.8 Å². The minimum atomic E-state index is -0.597. The summed E-state index contributed by atoms with van der Waals surface area (Å²) in [7, 11) is 5.34. The second-order valence-corrected chi connectivity index (χ2v) is 5.38. The molecule has 1 rings (SSSR count). The number of carbonyl (C=O) groups is 1. The summed E-state index contributed by atoms with van der Waals surface area (Å²) in [6.07, 6.45) is 1.60. The van der Waals surface area contributed by atoms with Gasteiger partial charge in [0.25, 0.3) is 0 Å². The monoisotopic (exact) mass is 253 g/mol. The molecule has 1 aromatic heterocycles. The zero-order valence-corrected chi connectivity index (χ0v) is 12.3. The summed E-state index contributed by atoms with van der Waals surface area (Å²) in [5.74, 6) is 0.541. The number of ketones is 1. The fourth-order valence-corrected chi connectivity index (χ4v) is 1.60. The lowest BCUT2D eigenvalue weighted by atomic mass is 9.94. The Kier molecular flexibility index (Phi) is 4.16. The van der Waals surface area contributed by atoms with Crippen LogP contribution in [0.15, 0.2) is 6.20 Å². The van der Waals surface area contributed by atoms with E-state index < -0.39 is 5.54 Å².